The van der Waals surface area contributed by atoms with E-state index in [1.54, 1.807) is 17.2 Å². The summed E-state index contributed by atoms with van der Waals surface area (Å²) in [4.78, 5) is 15.6. The number of piperidine rings is 1. The highest BCUT2D eigenvalue weighted by molar-refractivity contribution is 7.21. The Morgan fingerprint density at radius 1 is 1.50 bits per heavy atom. The highest BCUT2D eigenvalue weighted by atomic mass is 32.1. The topological polar surface area (TPSA) is 92.3 Å². The molecule has 3 N–H and O–H groups in total. The minimum atomic E-state index is -0.0399. The van der Waals surface area contributed by atoms with Crippen LogP contribution in [-0.2, 0) is 0 Å². The molecule has 0 bridgehead atoms. The molecule has 1 amide bonds. The van der Waals surface area contributed by atoms with Gasteiger partial charge in [0.15, 0.2) is 0 Å². The molecule has 0 saturated carbocycles. The summed E-state index contributed by atoms with van der Waals surface area (Å²) in [6.07, 6.45) is 3.26. The SMILES string of the molecule is Nc1c(C(=O)N2CCC(CO)CC2)sc2nnccc12. The van der Waals surface area contributed by atoms with Crippen molar-refractivity contribution in [3.8, 4) is 0 Å². The zero-order valence-corrected chi connectivity index (χ0v) is 11.8. The lowest BCUT2D eigenvalue weighted by molar-refractivity contribution is 0.0656. The number of anilines is 1. The highest BCUT2D eigenvalue weighted by Crippen LogP contribution is 2.33. The number of nitrogens with zero attached hydrogens (tertiary/aromatic N) is 3. The van der Waals surface area contributed by atoms with E-state index in [0.717, 1.165) is 18.2 Å². The van der Waals surface area contributed by atoms with Crippen LogP contribution in [0, 0.1) is 5.92 Å². The summed E-state index contributed by atoms with van der Waals surface area (Å²) in [6, 6.07) is 1.78. The molecule has 6 nitrogen and oxygen atoms in total. The molecule has 3 heterocycles. The Balaban J connectivity index is 1.84. The second-order valence-electron chi connectivity index (χ2n) is 5.01. The monoisotopic (exact) mass is 292 g/mol. The zero-order valence-electron chi connectivity index (χ0n) is 11.0. The molecule has 20 heavy (non-hydrogen) atoms. The number of hydrogen-bond acceptors (Lipinski definition) is 6. The lowest BCUT2D eigenvalue weighted by Gasteiger charge is -2.30. The number of nitrogen functional groups attached to an aromatic ring is 1. The average molecular weight is 292 g/mol. The molecular formula is C13H16N4O2S. The Labute approximate surface area is 120 Å². The maximum Gasteiger partial charge on any atom is 0.266 e. The van der Waals surface area contributed by atoms with Gasteiger partial charge in [0.05, 0.1) is 11.9 Å². The predicted molar refractivity (Wildman–Crippen MR) is 77.5 cm³/mol. The normalized spacial score (nSPS) is 16.8. The maximum atomic E-state index is 12.5. The lowest BCUT2D eigenvalue weighted by Crippen LogP contribution is -2.39. The van der Waals surface area contributed by atoms with Gasteiger partial charge in [-0.1, -0.05) is 0 Å². The molecule has 1 aliphatic rings. The lowest BCUT2D eigenvalue weighted by atomic mass is 9.98. The van der Waals surface area contributed by atoms with Crippen molar-refractivity contribution in [3.63, 3.8) is 0 Å². The third-order valence-electron chi connectivity index (χ3n) is 3.77. The molecule has 106 valence electrons. The molecule has 0 aromatic carbocycles. The third kappa shape index (κ3) is 2.23. The van der Waals surface area contributed by atoms with Gasteiger partial charge < -0.3 is 15.7 Å². The second-order valence-corrected chi connectivity index (χ2v) is 6.01. The quantitative estimate of drug-likeness (QED) is 0.865. The van der Waals surface area contributed by atoms with Crippen LogP contribution in [-0.4, -0.2) is 45.8 Å². The van der Waals surface area contributed by atoms with Crippen molar-refractivity contribution in [1.29, 1.82) is 0 Å². The predicted octanol–water partition coefficient (Wildman–Crippen LogP) is 1.12. The number of carbonyl (C=O) groups excluding carboxylic acids is 1. The van der Waals surface area contributed by atoms with E-state index in [1.807, 2.05) is 0 Å². The first-order chi connectivity index (χ1) is 9.70. The number of thiophene rings is 1. The van der Waals surface area contributed by atoms with Gasteiger partial charge in [0.2, 0.25) is 0 Å². The molecule has 1 fully saturated rings. The van der Waals surface area contributed by atoms with Gasteiger partial charge in [0, 0.05) is 25.1 Å². The molecule has 0 spiro atoms. The van der Waals surface area contributed by atoms with Gasteiger partial charge in [0.25, 0.3) is 5.91 Å². The van der Waals surface area contributed by atoms with Crippen molar-refractivity contribution in [2.45, 2.75) is 12.8 Å². The molecule has 0 atom stereocenters. The van der Waals surface area contributed by atoms with Gasteiger partial charge in [-0.15, -0.1) is 16.4 Å². The van der Waals surface area contributed by atoms with Crippen molar-refractivity contribution in [1.82, 2.24) is 15.1 Å². The molecule has 0 unspecified atom stereocenters. The smallest absolute Gasteiger partial charge is 0.266 e. The number of amides is 1. The van der Waals surface area contributed by atoms with Gasteiger partial charge in [-0.3, -0.25) is 4.79 Å². The van der Waals surface area contributed by atoms with Crippen molar-refractivity contribution < 1.29 is 9.90 Å². The van der Waals surface area contributed by atoms with Gasteiger partial charge in [-0.25, -0.2) is 0 Å². The van der Waals surface area contributed by atoms with Crippen LogP contribution in [0.4, 0.5) is 5.69 Å². The fourth-order valence-corrected chi connectivity index (χ4v) is 3.50. The van der Waals surface area contributed by atoms with E-state index in [9.17, 15) is 4.79 Å². The summed E-state index contributed by atoms with van der Waals surface area (Å²) < 4.78 is 0. The fraction of sp³-hybridized carbons (Fsp3) is 0.462. The van der Waals surface area contributed by atoms with E-state index in [-0.39, 0.29) is 12.5 Å². The minimum absolute atomic E-state index is 0.0399. The maximum absolute atomic E-state index is 12.5. The number of carbonyl (C=O) groups is 1. The van der Waals surface area contributed by atoms with Crippen LogP contribution in [0.3, 0.4) is 0 Å². The molecule has 1 saturated heterocycles. The first-order valence-electron chi connectivity index (χ1n) is 6.60. The van der Waals surface area contributed by atoms with Crippen molar-refractivity contribution in [2.75, 3.05) is 25.4 Å². The van der Waals surface area contributed by atoms with Crippen LogP contribution >= 0.6 is 11.3 Å². The van der Waals surface area contributed by atoms with Gasteiger partial charge in [-0.2, -0.15) is 5.10 Å². The molecule has 0 radical (unpaired) electrons. The summed E-state index contributed by atoms with van der Waals surface area (Å²) in [5.74, 6) is 0.270. The van der Waals surface area contributed by atoms with Crippen LogP contribution in [0.25, 0.3) is 10.2 Å². The minimum Gasteiger partial charge on any atom is -0.397 e. The van der Waals surface area contributed by atoms with Crippen molar-refractivity contribution in [2.24, 2.45) is 5.92 Å². The Kier molecular flexibility index (Phi) is 3.54. The summed E-state index contributed by atoms with van der Waals surface area (Å²) in [7, 11) is 0. The van der Waals surface area contributed by atoms with E-state index in [0.29, 0.717) is 34.4 Å². The number of aliphatic hydroxyl groups is 1. The highest BCUT2D eigenvalue weighted by Gasteiger charge is 2.26. The first-order valence-corrected chi connectivity index (χ1v) is 7.42. The van der Waals surface area contributed by atoms with Crippen LogP contribution in [0.5, 0.6) is 0 Å². The number of aliphatic hydroxyl groups excluding tert-OH is 1. The molecule has 7 heteroatoms. The van der Waals surface area contributed by atoms with E-state index in [2.05, 4.69) is 10.2 Å². The fourth-order valence-electron chi connectivity index (χ4n) is 2.49. The number of fused-ring (bicyclic) bond motifs is 1. The molecule has 3 rings (SSSR count). The molecule has 0 aliphatic carbocycles. The average Bonchev–Trinajstić information content (AvgIpc) is 2.84. The van der Waals surface area contributed by atoms with E-state index in [1.165, 1.54) is 11.3 Å². The van der Waals surface area contributed by atoms with Gasteiger partial charge in [-0.05, 0) is 24.8 Å². The number of nitrogens with two attached hydrogens (primary N) is 1. The molecule has 1 aliphatic heterocycles. The van der Waals surface area contributed by atoms with E-state index < -0.39 is 0 Å². The van der Waals surface area contributed by atoms with Crippen molar-refractivity contribution >= 4 is 33.1 Å². The number of likely N-dealkylation sites (tertiary alicyclic amines) is 1. The first kappa shape index (κ1) is 13.3. The number of rotatable bonds is 2. The van der Waals surface area contributed by atoms with Gasteiger partial charge >= 0.3 is 0 Å². The largest absolute Gasteiger partial charge is 0.397 e. The van der Waals surface area contributed by atoms with Crippen molar-refractivity contribution in [3.05, 3.63) is 17.1 Å². The van der Waals surface area contributed by atoms with E-state index in [4.69, 9.17) is 10.8 Å². The summed E-state index contributed by atoms with van der Waals surface area (Å²) >= 11 is 1.29. The number of aromatic nitrogens is 2. The number of hydrogen-bond donors (Lipinski definition) is 2. The summed E-state index contributed by atoms with van der Waals surface area (Å²) in [5.41, 5.74) is 6.55. The Bertz CT molecular complexity index is 634. The zero-order chi connectivity index (χ0) is 14.1. The Hall–Kier alpha value is -1.73. The van der Waals surface area contributed by atoms with Gasteiger partial charge in [0.1, 0.15) is 9.71 Å². The summed E-state index contributed by atoms with van der Waals surface area (Å²) in [6.45, 7) is 1.54. The standard InChI is InChI=1S/C13H16N4O2S/c14-10-9-1-4-15-16-12(9)20-11(10)13(19)17-5-2-8(7-18)3-6-17/h1,4,8,18H,2-3,5-7,14H2. The Morgan fingerprint density at radius 2 is 2.25 bits per heavy atom. The second kappa shape index (κ2) is 5.34. The molecule has 2 aromatic heterocycles. The van der Waals surface area contributed by atoms with Crippen LogP contribution in [0.2, 0.25) is 0 Å². The Morgan fingerprint density at radius 3 is 2.90 bits per heavy atom. The molecular weight excluding hydrogens is 276 g/mol. The molecule has 2 aromatic rings. The van der Waals surface area contributed by atoms with E-state index >= 15 is 0 Å². The van der Waals surface area contributed by atoms with Crippen LogP contribution in [0.1, 0.15) is 22.5 Å². The van der Waals surface area contributed by atoms with Crippen LogP contribution < -0.4 is 5.73 Å². The third-order valence-corrected chi connectivity index (χ3v) is 4.87. The summed E-state index contributed by atoms with van der Waals surface area (Å²) in [5, 5.41) is 17.7. The van der Waals surface area contributed by atoms with Crippen LogP contribution in [0.15, 0.2) is 12.3 Å².